The molecule has 34 heavy (non-hydrogen) atoms. The molecule has 0 atom stereocenters. The number of nitrogens with zero attached hydrogens (tertiary/aromatic N) is 4. The number of amides is 1. The molecule has 0 aliphatic carbocycles. The van der Waals surface area contributed by atoms with E-state index in [0.29, 0.717) is 32.4 Å². The second-order valence-electron chi connectivity index (χ2n) is 7.68. The molecule has 170 valence electrons. The van der Waals surface area contributed by atoms with E-state index >= 15 is 0 Å². The van der Waals surface area contributed by atoms with Crippen LogP contribution in [0, 0.1) is 19.7 Å². The van der Waals surface area contributed by atoms with Crippen molar-refractivity contribution in [2.24, 2.45) is 0 Å². The first kappa shape index (κ1) is 21.7. The number of hydrogen-bond acceptors (Lipinski definition) is 7. The average Bonchev–Trinajstić information content (AvgIpc) is 3.43. The quantitative estimate of drug-likeness (QED) is 0.399. The maximum atomic E-state index is 13.8. The average molecular weight is 476 g/mol. The van der Waals surface area contributed by atoms with Gasteiger partial charge in [-0.2, -0.15) is 4.98 Å². The minimum atomic E-state index is -0.556. The van der Waals surface area contributed by atoms with Crippen LogP contribution in [0.3, 0.4) is 0 Å². The lowest BCUT2D eigenvalue weighted by Crippen LogP contribution is -2.28. The van der Waals surface area contributed by atoms with E-state index in [2.05, 4.69) is 20.4 Å². The van der Waals surface area contributed by atoms with Crippen LogP contribution in [0.2, 0.25) is 0 Å². The van der Waals surface area contributed by atoms with Gasteiger partial charge in [-0.05, 0) is 37.1 Å². The summed E-state index contributed by atoms with van der Waals surface area (Å²) in [5.74, 6) is -0.344. The molecule has 0 saturated carbocycles. The molecule has 3 aromatic heterocycles. The summed E-state index contributed by atoms with van der Waals surface area (Å²) in [6, 6.07) is 13.5. The summed E-state index contributed by atoms with van der Waals surface area (Å²) >= 11 is 1.27. The number of benzene rings is 2. The largest absolute Gasteiger partial charge is 0.333 e. The Morgan fingerprint density at radius 3 is 2.71 bits per heavy atom. The van der Waals surface area contributed by atoms with E-state index in [-0.39, 0.29) is 17.8 Å². The van der Waals surface area contributed by atoms with Crippen molar-refractivity contribution in [3.05, 3.63) is 82.2 Å². The van der Waals surface area contributed by atoms with Crippen molar-refractivity contribution >= 4 is 33.1 Å². The van der Waals surface area contributed by atoms with Gasteiger partial charge in [0.25, 0.3) is 11.4 Å². The standard InChI is InChI=1S/C24H18FN5O3S/c1-13-7-3-4-8-15(13)21-28-22(33-29-21)20-14(2)19-23(34-20)26-12-30(24(19)32)11-18(31)27-17-10-6-5-9-16(17)25/h3-10,12H,11H2,1-2H3,(H,27,31). The zero-order valence-corrected chi connectivity index (χ0v) is 19.0. The summed E-state index contributed by atoms with van der Waals surface area (Å²) in [6.07, 6.45) is 1.30. The molecule has 0 unspecified atom stereocenters. The molecule has 3 heterocycles. The van der Waals surface area contributed by atoms with Crippen LogP contribution in [0.1, 0.15) is 11.1 Å². The molecule has 0 fully saturated rings. The van der Waals surface area contributed by atoms with Gasteiger partial charge >= 0.3 is 0 Å². The summed E-state index contributed by atoms with van der Waals surface area (Å²) in [5.41, 5.74) is 2.18. The van der Waals surface area contributed by atoms with Crippen molar-refractivity contribution in [2.75, 3.05) is 5.32 Å². The van der Waals surface area contributed by atoms with Crippen LogP contribution in [0.25, 0.3) is 32.4 Å². The number of aromatic nitrogens is 4. The summed E-state index contributed by atoms with van der Waals surface area (Å²) < 4.78 is 20.5. The highest BCUT2D eigenvalue weighted by Gasteiger charge is 2.21. The lowest BCUT2D eigenvalue weighted by molar-refractivity contribution is -0.116. The molecule has 8 nitrogen and oxygen atoms in total. The maximum absolute atomic E-state index is 13.8. The van der Waals surface area contributed by atoms with Crippen LogP contribution in [0.5, 0.6) is 0 Å². The van der Waals surface area contributed by atoms with Gasteiger partial charge in [-0.3, -0.25) is 14.2 Å². The number of thiophene rings is 1. The predicted molar refractivity (Wildman–Crippen MR) is 127 cm³/mol. The first-order valence-corrected chi connectivity index (χ1v) is 11.2. The molecular formula is C24H18FN5O3S. The van der Waals surface area contributed by atoms with Crippen molar-refractivity contribution in [2.45, 2.75) is 20.4 Å². The van der Waals surface area contributed by atoms with Gasteiger partial charge in [0.1, 0.15) is 17.2 Å². The molecule has 0 radical (unpaired) electrons. The normalized spacial score (nSPS) is 11.1. The third kappa shape index (κ3) is 3.88. The fourth-order valence-corrected chi connectivity index (χ4v) is 4.69. The number of fused-ring (bicyclic) bond motifs is 1. The van der Waals surface area contributed by atoms with Crippen LogP contribution in [-0.2, 0) is 11.3 Å². The number of para-hydroxylation sites is 1. The van der Waals surface area contributed by atoms with Crippen molar-refractivity contribution < 1.29 is 13.7 Å². The van der Waals surface area contributed by atoms with Crippen LogP contribution < -0.4 is 10.9 Å². The number of halogens is 1. The maximum Gasteiger partial charge on any atom is 0.268 e. The Balaban J connectivity index is 1.46. The van der Waals surface area contributed by atoms with Gasteiger partial charge < -0.3 is 9.84 Å². The van der Waals surface area contributed by atoms with Crippen molar-refractivity contribution in [1.29, 1.82) is 0 Å². The minimum Gasteiger partial charge on any atom is -0.333 e. The molecule has 0 aliphatic rings. The van der Waals surface area contributed by atoms with Crippen LogP contribution >= 0.6 is 11.3 Å². The highest BCUT2D eigenvalue weighted by atomic mass is 32.1. The van der Waals surface area contributed by atoms with Crippen LogP contribution in [0.4, 0.5) is 10.1 Å². The lowest BCUT2D eigenvalue weighted by atomic mass is 10.1. The number of carbonyl (C=O) groups excluding carboxylic acids is 1. The Bertz CT molecular complexity index is 1600. The third-order valence-electron chi connectivity index (χ3n) is 5.39. The topological polar surface area (TPSA) is 103 Å². The van der Waals surface area contributed by atoms with Gasteiger partial charge in [0, 0.05) is 5.56 Å². The van der Waals surface area contributed by atoms with Gasteiger partial charge in [-0.1, -0.05) is 41.6 Å². The third-order valence-corrected chi connectivity index (χ3v) is 6.57. The zero-order chi connectivity index (χ0) is 23.8. The van der Waals surface area contributed by atoms with Gasteiger partial charge in [0.05, 0.1) is 22.3 Å². The van der Waals surface area contributed by atoms with Crippen LogP contribution in [-0.4, -0.2) is 25.6 Å². The Hall–Kier alpha value is -4.18. The molecule has 1 amide bonds. The van der Waals surface area contributed by atoms with Gasteiger partial charge in [-0.15, -0.1) is 11.3 Å². The highest BCUT2D eigenvalue weighted by molar-refractivity contribution is 7.22. The summed E-state index contributed by atoms with van der Waals surface area (Å²) in [6.45, 7) is 3.43. The monoisotopic (exact) mass is 475 g/mol. The molecular weight excluding hydrogens is 457 g/mol. The lowest BCUT2D eigenvalue weighted by Gasteiger charge is -2.08. The number of aryl methyl sites for hydroxylation is 2. The fraction of sp³-hybridized carbons (Fsp3) is 0.125. The molecule has 0 bridgehead atoms. The van der Waals surface area contributed by atoms with Crippen molar-refractivity contribution in [3.8, 4) is 22.2 Å². The van der Waals surface area contributed by atoms with Crippen molar-refractivity contribution in [1.82, 2.24) is 19.7 Å². The van der Waals surface area contributed by atoms with Gasteiger partial charge in [0.15, 0.2) is 0 Å². The first-order chi connectivity index (χ1) is 16.4. The second kappa shape index (κ2) is 8.64. The minimum absolute atomic E-state index is 0.0458. The van der Waals surface area contributed by atoms with E-state index in [4.69, 9.17) is 4.52 Å². The van der Waals surface area contributed by atoms with E-state index < -0.39 is 11.7 Å². The van der Waals surface area contributed by atoms with E-state index in [1.807, 2.05) is 31.2 Å². The molecule has 2 aromatic carbocycles. The summed E-state index contributed by atoms with van der Waals surface area (Å²) in [5, 5.41) is 6.94. The summed E-state index contributed by atoms with van der Waals surface area (Å²) in [4.78, 5) is 35.5. The SMILES string of the molecule is Cc1ccccc1-c1noc(-c2sc3ncn(CC(=O)Nc4ccccc4F)c(=O)c3c2C)n1. The van der Waals surface area contributed by atoms with Gasteiger partial charge in [0.2, 0.25) is 11.7 Å². The molecule has 5 aromatic rings. The number of rotatable bonds is 5. The number of carbonyl (C=O) groups is 1. The van der Waals surface area contributed by atoms with E-state index in [1.165, 1.54) is 40.4 Å². The van der Waals surface area contributed by atoms with Gasteiger partial charge in [-0.25, -0.2) is 9.37 Å². The Labute approximate surface area is 196 Å². The van der Waals surface area contributed by atoms with E-state index in [1.54, 1.807) is 13.0 Å². The summed E-state index contributed by atoms with van der Waals surface area (Å²) in [7, 11) is 0. The van der Waals surface area contributed by atoms with Crippen LogP contribution in [0.15, 0.2) is 64.2 Å². The number of anilines is 1. The van der Waals surface area contributed by atoms with E-state index in [9.17, 15) is 14.0 Å². The Morgan fingerprint density at radius 1 is 1.15 bits per heavy atom. The molecule has 10 heteroatoms. The Kier molecular flexibility index (Phi) is 5.50. The predicted octanol–water partition coefficient (Wildman–Crippen LogP) is 4.57. The molecule has 0 spiro atoms. The fourth-order valence-electron chi connectivity index (χ4n) is 3.63. The second-order valence-corrected chi connectivity index (χ2v) is 8.68. The molecule has 5 rings (SSSR count). The first-order valence-electron chi connectivity index (χ1n) is 10.4. The highest BCUT2D eigenvalue weighted by Crippen LogP contribution is 2.35. The number of hydrogen-bond donors (Lipinski definition) is 1. The Morgan fingerprint density at radius 2 is 1.91 bits per heavy atom. The zero-order valence-electron chi connectivity index (χ0n) is 18.2. The van der Waals surface area contributed by atoms with Crippen molar-refractivity contribution in [3.63, 3.8) is 0 Å². The number of nitrogens with one attached hydrogen (secondary N) is 1. The van der Waals surface area contributed by atoms with E-state index in [0.717, 1.165) is 11.1 Å². The molecule has 0 aliphatic heterocycles. The molecule has 0 saturated heterocycles. The smallest absolute Gasteiger partial charge is 0.268 e. The molecule has 1 N–H and O–H groups in total.